The summed E-state index contributed by atoms with van der Waals surface area (Å²) in [6.45, 7) is 4.30. The zero-order valence-electron chi connectivity index (χ0n) is 11.6. The SMILES string of the molecule is Cc1c(C(=O)NCC2CCOCC2)ccc2[nH]ncc12. The van der Waals surface area contributed by atoms with E-state index in [1.807, 2.05) is 19.1 Å². The van der Waals surface area contributed by atoms with E-state index in [1.165, 1.54) is 0 Å². The molecule has 106 valence electrons. The molecule has 1 aliphatic rings. The van der Waals surface area contributed by atoms with Gasteiger partial charge in [-0.25, -0.2) is 0 Å². The largest absolute Gasteiger partial charge is 0.381 e. The van der Waals surface area contributed by atoms with E-state index in [-0.39, 0.29) is 5.91 Å². The molecule has 1 aromatic carbocycles. The van der Waals surface area contributed by atoms with Crippen LogP contribution in [0.5, 0.6) is 0 Å². The third-order valence-corrected chi connectivity index (χ3v) is 4.03. The van der Waals surface area contributed by atoms with Crippen LogP contribution in [-0.4, -0.2) is 35.9 Å². The van der Waals surface area contributed by atoms with Gasteiger partial charge in [-0.3, -0.25) is 9.89 Å². The van der Waals surface area contributed by atoms with Crippen molar-refractivity contribution < 1.29 is 9.53 Å². The van der Waals surface area contributed by atoms with E-state index < -0.39 is 0 Å². The molecule has 0 aliphatic carbocycles. The van der Waals surface area contributed by atoms with E-state index in [4.69, 9.17) is 4.74 Å². The minimum atomic E-state index is -0.00269. The maximum Gasteiger partial charge on any atom is 0.251 e. The lowest BCUT2D eigenvalue weighted by Gasteiger charge is -2.22. The Hall–Kier alpha value is -1.88. The molecule has 1 fully saturated rings. The Morgan fingerprint density at radius 2 is 2.25 bits per heavy atom. The molecule has 2 aromatic rings. The van der Waals surface area contributed by atoms with Crippen molar-refractivity contribution in [3.63, 3.8) is 0 Å². The highest BCUT2D eigenvalue weighted by Crippen LogP contribution is 2.20. The number of hydrogen-bond acceptors (Lipinski definition) is 3. The molecule has 0 spiro atoms. The van der Waals surface area contributed by atoms with Crippen LogP contribution in [0.1, 0.15) is 28.8 Å². The number of fused-ring (bicyclic) bond motifs is 1. The smallest absolute Gasteiger partial charge is 0.251 e. The van der Waals surface area contributed by atoms with Gasteiger partial charge in [0.15, 0.2) is 0 Å². The minimum Gasteiger partial charge on any atom is -0.381 e. The van der Waals surface area contributed by atoms with Gasteiger partial charge in [0.05, 0.1) is 11.7 Å². The van der Waals surface area contributed by atoms with Gasteiger partial charge in [0, 0.05) is 30.7 Å². The quantitative estimate of drug-likeness (QED) is 0.899. The van der Waals surface area contributed by atoms with Crippen molar-refractivity contribution in [2.75, 3.05) is 19.8 Å². The zero-order valence-corrected chi connectivity index (χ0v) is 11.6. The number of hydrogen-bond donors (Lipinski definition) is 2. The van der Waals surface area contributed by atoms with Crippen LogP contribution >= 0.6 is 0 Å². The molecule has 3 rings (SSSR count). The number of carbonyl (C=O) groups is 1. The van der Waals surface area contributed by atoms with Gasteiger partial charge < -0.3 is 10.1 Å². The van der Waals surface area contributed by atoms with Crippen LogP contribution in [0.15, 0.2) is 18.3 Å². The van der Waals surface area contributed by atoms with Crippen molar-refractivity contribution in [1.82, 2.24) is 15.5 Å². The van der Waals surface area contributed by atoms with Crippen molar-refractivity contribution in [3.8, 4) is 0 Å². The first-order valence-electron chi connectivity index (χ1n) is 7.04. The molecule has 0 unspecified atom stereocenters. The molecule has 1 amide bonds. The number of aromatic nitrogens is 2. The number of rotatable bonds is 3. The molecular weight excluding hydrogens is 254 g/mol. The molecule has 2 heterocycles. The van der Waals surface area contributed by atoms with Gasteiger partial charge in [-0.1, -0.05) is 0 Å². The van der Waals surface area contributed by atoms with Crippen LogP contribution in [0.25, 0.3) is 10.9 Å². The van der Waals surface area contributed by atoms with Gasteiger partial charge in [-0.15, -0.1) is 0 Å². The molecule has 1 saturated heterocycles. The number of nitrogens with one attached hydrogen (secondary N) is 2. The van der Waals surface area contributed by atoms with Crippen LogP contribution in [0, 0.1) is 12.8 Å². The Balaban J connectivity index is 1.70. The van der Waals surface area contributed by atoms with Gasteiger partial charge in [-0.2, -0.15) is 5.10 Å². The molecule has 2 N–H and O–H groups in total. The summed E-state index contributed by atoms with van der Waals surface area (Å²) in [4.78, 5) is 12.3. The van der Waals surface area contributed by atoms with E-state index in [9.17, 15) is 4.79 Å². The van der Waals surface area contributed by atoms with Crippen LogP contribution in [-0.2, 0) is 4.74 Å². The second-order valence-corrected chi connectivity index (χ2v) is 5.34. The molecule has 0 atom stereocenters. The van der Waals surface area contributed by atoms with Crippen molar-refractivity contribution >= 4 is 16.8 Å². The third kappa shape index (κ3) is 2.54. The summed E-state index contributed by atoms with van der Waals surface area (Å²) in [5.74, 6) is 0.530. The minimum absolute atomic E-state index is 0.00269. The molecule has 5 nitrogen and oxygen atoms in total. The fourth-order valence-corrected chi connectivity index (χ4v) is 2.69. The van der Waals surface area contributed by atoms with Crippen LogP contribution in [0.4, 0.5) is 0 Å². The predicted molar refractivity (Wildman–Crippen MR) is 76.7 cm³/mol. The summed E-state index contributed by atoms with van der Waals surface area (Å²) in [6.07, 6.45) is 3.82. The molecule has 0 saturated carbocycles. The molecular formula is C15H19N3O2. The van der Waals surface area contributed by atoms with Crippen LogP contribution in [0.2, 0.25) is 0 Å². The molecule has 0 bridgehead atoms. The van der Waals surface area contributed by atoms with Gasteiger partial charge in [0.2, 0.25) is 0 Å². The van der Waals surface area contributed by atoms with Gasteiger partial charge >= 0.3 is 0 Å². The lowest BCUT2D eigenvalue weighted by molar-refractivity contribution is 0.0642. The molecule has 0 radical (unpaired) electrons. The predicted octanol–water partition coefficient (Wildman–Crippen LogP) is 2.03. The molecule has 5 heteroatoms. The number of aromatic amines is 1. The maximum absolute atomic E-state index is 12.3. The van der Waals surface area contributed by atoms with E-state index in [1.54, 1.807) is 6.20 Å². The summed E-state index contributed by atoms with van der Waals surface area (Å²) in [5.41, 5.74) is 2.66. The summed E-state index contributed by atoms with van der Waals surface area (Å²) in [6, 6.07) is 3.76. The van der Waals surface area contributed by atoms with E-state index in [0.717, 1.165) is 54.6 Å². The normalized spacial score (nSPS) is 16.4. The number of aryl methyl sites for hydroxylation is 1. The van der Waals surface area contributed by atoms with Crippen LogP contribution < -0.4 is 5.32 Å². The van der Waals surface area contributed by atoms with Gasteiger partial charge in [0.25, 0.3) is 5.91 Å². The highest BCUT2D eigenvalue weighted by Gasteiger charge is 2.16. The fourth-order valence-electron chi connectivity index (χ4n) is 2.69. The number of carbonyl (C=O) groups excluding carboxylic acids is 1. The summed E-state index contributed by atoms with van der Waals surface area (Å²) in [5, 5.41) is 11.0. The standard InChI is InChI=1S/C15H19N3O2/c1-10-12(2-3-14-13(10)9-17-18-14)15(19)16-8-11-4-6-20-7-5-11/h2-3,9,11H,4-8H2,1H3,(H,16,19)(H,17,18). The Labute approximate surface area is 117 Å². The van der Waals surface area contributed by atoms with Gasteiger partial charge in [-0.05, 0) is 43.4 Å². The van der Waals surface area contributed by atoms with E-state index >= 15 is 0 Å². The first-order valence-corrected chi connectivity index (χ1v) is 7.04. The Bertz CT molecular complexity index is 615. The van der Waals surface area contributed by atoms with Gasteiger partial charge in [0.1, 0.15) is 0 Å². The third-order valence-electron chi connectivity index (χ3n) is 4.03. The number of ether oxygens (including phenoxy) is 1. The molecule has 20 heavy (non-hydrogen) atoms. The Morgan fingerprint density at radius 3 is 3.05 bits per heavy atom. The topological polar surface area (TPSA) is 67.0 Å². The Morgan fingerprint density at radius 1 is 1.45 bits per heavy atom. The zero-order chi connectivity index (χ0) is 13.9. The number of amides is 1. The summed E-state index contributed by atoms with van der Waals surface area (Å²) in [7, 11) is 0. The van der Waals surface area contributed by atoms with E-state index in [0.29, 0.717) is 5.92 Å². The van der Waals surface area contributed by atoms with Crippen molar-refractivity contribution in [2.24, 2.45) is 5.92 Å². The number of nitrogens with zero attached hydrogens (tertiary/aromatic N) is 1. The van der Waals surface area contributed by atoms with Crippen LogP contribution in [0.3, 0.4) is 0 Å². The average Bonchev–Trinajstić information content (AvgIpc) is 2.96. The number of H-pyrrole nitrogens is 1. The first-order chi connectivity index (χ1) is 9.75. The monoisotopic (exact) mass is 273 g/mol. The van der Waals surface area contributed by atoms with Crippen molar-refractivity contribution in [2.45, 2.75) is 19.8 Å². The van der Waals surface area contributed by atoms with Crippen molar-refractivity contribution in [3.05, 3.63) is 29.5 Å². The Kier molecular flexibility index (Phi) is 3.69. The second kappa shape index (κ2) is 5.63. The first kappa shape index (κ1) is 13.1. The number of benzene rings is 1. The second-order valence-electron chi connectivity index (χ2n) is 5.34. The lowest BCUT2D eigenvalue weighted by atomic mass is 9.99. The summed E-state index contributed by atoms with van der Waals surface area (Å²) >= 11 is 0. The maximum atomic E-state index is 12.3. The molecule has 1 aromatic heterocycles. The molecule has 1 aliphatic heterocycles. The average molecular weight is 273 g/mol. The fraction of sp³-hybridized carbons (Fsp3) is 0.467. The van der Waals surface area contributed by atoms with E-state index in [2.05, 4.69) is 15.5 Å². The summed E-state index contributed by atoms with van der Waals surface area (Å²) < 4.78 is 5.33. The van der Waals surface area contributed by atoms with Crippen molar-refractivity contribution in [1.29, 1.82) is 0 Å². The lowest BCUT2D eigenvalue weighted by Crippen LogP contribution is -2.32. The highest BCUT2D eigenvalue weighted by atomic mass is 16.5. The highest BCUT2D eigenvalue weighted by molar-refractivity contribution is 6.00.